The van der Waals surface area contributed by atoms with Gasteiger partial charge in [0, 0.05) is 15.5 Å². The van der Waals surface area contributed by atoms with Gasteiger partial charge in [-0.2, -0.15) is 0 Å². The van der Waals surface area contributed by atoms with Gasteiger partial charge in [0.15, 0.2) is 0 Å². The van der Waals surface area contributed by atoms with E-state index in [2.05, 4.69) is 33.5 Å². The van der Waals surface area contributed by atoms with Crippen LogP contribution in [-0.4, -0.2) is 7.11 Å². The lowest BCUT2D eigenvalue weighted by atomic mass is 9.99. The summed E-state index contributed by atoms with van der Waals surface area (Å²) in [4.78, 5) is 0. The van der Waals surface area contributed by atoms with Gasteiger partial charge in [-0.25, -0.2) is 0 Å². The Morgan fingerprint density at radius 2 is 1.95 bits per heavy atom. The molecule has 0 aliphatic heterocycles. The first kappa shape index (κ1) is 16.3. The van der Waals surface area contributed by atoms with E-state index in [4.69, 9.17) is 22.2 Å². The predicted molar refractivity (Wildman–Crippen MR) is 90.5 cm³/mol. The van der Waals surface area contributed by atoms with Gasteiger partial charge in [-0.05, 0) is 48.2 Å². The molecule has 0 saturated carbocycles. The topological polar surface area (TPSA) is 47.3 Å². The number of ether oxygens (including phenoxy) is 1. The number of hydrazine groups is 1. The summed E-state index contributed by atoms with van der Waals surface area (Å²) in [5.41, 5.74) is 5.10. The average Bonchev–Trinajstić information content (AvgIpc) is 2.50. The zero-order valence-corrected chi connectivity index (χ0v) is 14.1. The van der Waals surface area contributed by atoms with E-state index in [-0.39, 0.29) is 6.04 Å². The van der Waals surface area contributed by atoms with Crippen LogP contribution in [-0.2, 0) is 6.42 Å². The van der Waals surface area contributed by atoms with E-state index in [0.717, 1.165) is 28.6 Å². The molecule has 0 heterocycles. The highest BCUT2D eigenvalue weighted by molar-refractivity contribution is 9.10. The van der Waals surface area contributed by atoms with Crippen molar-refractivity contribution in [1.82, 2.24) is 5.43 Å². The van der Waals surface area contributed by atoms with E-state index in [0.29, 0.717) is 5.02 Å². The molecule has 0 aliphatic carbocycles. The molecule has 0 aliphatic rings. The van der Waals surface area contributed by atoms with Crippen molar-refractivity contribution < 1.29 is 4.74 Å². The first-order valence-corrected chi connectivity index (χ1v) is 7.85. The lowest BCUT2D eigenvalue weighted by Crippen LogP contribution is -2.28. The molecule has 0 spiro atoms. The van der Waals surface area contributed by atoms with Crippen LogP contribution >= 0.6 is 27.5 Å². The number of halogens is 2. The Bertz CT molecular complexity index is 589. The van der Waals surface area contributed by atoms with Gasteiger partial charge < -0.3 is 4.74 Å². The van der Waals surface area contributed by atoms with E-state index in [1.54, 1.807) is 7.11 Å². The molecule has 0 saturated heterocycles. The van der Waals surface area contributed by atoms with Crippen molar-refractivity contribution in [2.45, 2.75) is 18.9 Å². The van der Waals surface area contributed by atoms with Crippen molar-refractivity contribution in [2.75, 3.05) is 7.11 Å². The van der Waals surface area contributed by atoms with Gasteiger partial charge in [0.2, 0.25) is 0 Å². The molecular weight excluding hydrogens is 352 g/mol. The SMILES string of the molecule is COc1ccc(CCC(NN)c2ccc(Br)cc2Cl)cc1. The number of aryl methyl sites for hydroxylation is 1. The Hall–Kier alpha value is -1.07. The molecular formula is C16H18BrClN2O. The molecule has 0 aromatic heterocycles. The van der Waals surface area contributed by atoms with E-state index in [1.807, 2.05) is 30.3 Å². The average molecular weight is 370 g/mol. The summed E-state index contributed by atoms with van der Waals surface area (Å²) in [6.45, 7) is 0. The first-order chi connectivity index (χ1) is 10.1. The fourth-order valence-electron chi connectivity index (χ4n) is 2.22. The highest BCUT2D eigenvalue weighted by Crippen LogP contribution is 2.28. The zero-order chi connectivity index (χ0) is 15.2. The maximum atomic E-state index is 6.28. The largest absolute Gasteiger partial charge is 0.497 e. The van der Waals surface area contributed by atoms with Gasteiger partial charge in [0.05, 0.1) is 7.11 Å². The molecule has 0 bridgehead atoms. The third-order valence-corrected chi connectivity index (χ3v) is 4.24. The molecule has 3 nitrogen and oxygen atoms in total. The normalized spacial score (nSPS) is 12.2. The number of benzene rings is 2. The van der Waals surface area contributed by atoms with Crippen LogP contribution in [0.4, 0.5) is 0 Å². The lowest BCUT2D eigenvalue weighted by Gasteiger charge is -2.18. The third-order valence-electron chi connectivity index (χ3n) is 3.42. The fraction of sp³-hybridized carbons (Fsp3) is 0.250. The lowest BCUT2D eigenvalue weighted by molar-refractivity contribution is 0.414. The Morgan fingerprint density at radius 1 is 1.24 bits per heavy atom. The highest BCUT2D eigenvalue weighted by Gasteiger charge is 2.13. The number of rotatable bonds is 6. The number of hydrogen-bond acceptors (Lipinski definition) is 3. The third kappa shape index (κ3) is 4.45. The standard InChI is InChI=1S/C16H18BrClN2O/c1-21-13-6-2-11(3-7-13)4-9-16(20-19)14-8-5-12(17)10-15(14)18/h2-3,5-8,10,16,20H,4,9,19H2,1H3. The summed E-state index contributed by atoms with van der Waals surface area (Å²) in [7, 11) is 1.67. The summed E-state index contributed by atoms with van der Waals surface area (Å²) in [5.74, 6) is 6.55. The van der Waals surface area contributed by atoms with Crippen molar-refractivity contribution in [1.29, 1.82) is 0 Å². The van der Waals surface area contributed by atoms with Crippen molar-refractivity contribution in [3.05, 3.63) is 63.1 Å². The second kappa shape index (κ2) is 7.80. The minimum Gasteiger partial charge on any atom is -0.497 e. The number of nitrogens with one attached hydrogen (secondary N) is 1. The molecule has 21 heavy (non-hydrogen) atoms. The molecule has 2 aromatic rings. The van der Waals surface area contributed by atoms with Crippen molar-refractivity contribution >= 4 is 27.5 Å². The number of methoxy groups -OCH3 is 1. The van der Waals surface area contributed by atoms with Gasteiger partial charge in [-0.15, -0.1) is 0 Å². The van der Waals surface area contributed by atoms with Crippen LogP contribution in [0.15, 0.2) is 46.9 Å². The van der Waals surface area contributed by atoms with E-state index in [9.17, 15) is 0 Å². The van der Waals surface area contributed by atoms with Crippen LogP contribution in [0.2, 0.25) is 5.02 Å². The van der Waals surface area contributed by atoms with Gasteiger partial charge in [0.1, 0.15) is 5.75 Å². The fourth-order valence-corrected chi connectivity index (χ4v) is 3.02. The van der Waals surface area contributed by atoms with Gasteiger partial charge in [-0.3, -0.25) is 11.3 Å². The minimum absolute atomic E-state index is 0.0210. The molecule has 0 amide bonds. The van der Waals surface area contributed by atoms with Crippen molar-refractivity contribution in [2.24, 2.45) is 5.84 Å². The molecule has 0 fully saturated rings. The van der Waals surface area contributed by atoms with E-state index in [1.165, 1.54) is 5.56 Å². The maximum absolute atomic E-state index is 6.28. The summed E-state index contributed by atoms with van der Waals surface area (Å²) >= 11 is 9.69. The molecule has 2 aromatic carbocycles. The second-order valence-electron chi connectivity index (χ2n) is 4.77. The van der Waals surface area contributed by atoms with Crippen LogP contribution in [0, 0.1) is 0 Å². The quantitative estimate of drug-likeness (QED) is 0.591. The summed E-state index contributed by atoms with van der Waals surface area (Å²) in [6.07, 6.45) is 1.77. The van der Waals surface area contributed by atoms with Gasteiger partial charge in [-0.1, -0.05) is 45.7 Å². The maximum Gasteiger partial charge on any atom is 0.118 e. The Labute approximate surface area is 138 Å². The van der Waals surface area contributed by atoms with Gasteiger partial charge in [0.25, 0.3) is 0 Å². The molecule has 1 atom stereocenters. The summed E-state index contributed by atoms with van der Waals surface area (Å²) in [6, 6.07) is 13.9. The number of hydrogen-bond donors (Lipinski definition) is 2. The zero-order valence-electron chi connectivity index (χ0n) is 11.8. The van der Waals surface area contributed by atoms with Gasteiger partial charge >= 0.3 is 0 Å². The van der Waals surface area contributed by atoms with E-state index < -0.39 is 0 Å². The van der Waals surface area contributed by atoms with Crippen LogP contribution in [0.25, 0.3) is 0 Å². The first-order valence-electron chi connectivity index (χ1n) is 6.68. The second-order valence-corrected chi connectivity index (χ2v) is 6.09. The molecule has 112 valence electrons. The predicted octanol–water partition coefficient (Wildman–Crippen LogP) is 4.25. The Morgan fingerprint density at radius 3 is 2.52 bits per heavy atom. The highest BCUT2D eigenvalue weighted by atomic mass is 79.9. The van der Waals surface area contributed by atoms with E-state index >= 15 is 0 Å². The number of nitrogens with two attached hydrogens (primary N) is 1. The van der Waals surface area contributed by atoms with Crippen molar-refractivity contribution in [3.8, 4) is 5.75 Å². The minimum atomic E-state index is 0.0210. The van der Waals surface area contributed by atoms with Crippen LogP contribution in [0.3, 0.4) is 0 Å². The molecule has 2 rings (SSSR count). The molecule has 1 unspecified atom stereocenters. The molecule has 0 radical (unpaired) electrons. The summed E-state index contributed by atoms with van der Waals surface area (Å²) < 4.78 is 6.12. The van der Waals surface area contributed by atoms with Crippen LogP contribution < -0.4 is 16.0 Å². The smallest absolute Gasteiger partial charge is 0.118 e. The molecule has 5 heteroatoms. The molecule has 3 N–H and O–H groups in total. The monoisotopic (exact) mass is 368 g/mol. The van der Waals surface area contributed by atoms with Crippen LogP contribution in [0.5, 0.6) is 5.75 Å². The van der Waals surface area contributed by atoms with Crippen LogP contribution in [0.1, 0.15) is 23.6 Å². The Balaban J connectivity index is 2.04. The summed E-state index contributed by atoms with van der Waals surface area (Å²) in [5, 5.41) is 0.710. The van der Waals surface area contributed by atoms with Crippen molar-refractivity contribution in [3.63, 3.8) is 0 Å². The Kier molecular flexibility index (Phi) is 6.06.